The molecule has 0 saturated heterocycles. The third-order valence-corrected chi connectivity index (χ3v) is 6.61. The number of nitrogens with two attached hydrogens (primary N) is 1. The summed E-state index contributed by atoms with van der Waals surface area (Å²) in [7, 11) is 4.13. The molecule has 0 aliphatic carbocycles. The van der Waals surface area contributed by atoms with E-state index < -0.39 is 0 Å². The molecule has 4 aromatic rings. The Labute approximate surface area is 229 Å². The van der Waals surface area contributed by atoms with E-state index in [0.717, 1.165) is 63.7 Å². The lowest BCUT2D eigenvalue weighted by Gasteiger charge is -2.12. The van der Waals surface area contributed by atoms with Crippen LogP contribution in [0.15, 0.2) is 85.1 Å². The summed E-state index contributed by atoms with van der Waals surface area (Å²) in [5.41, 5.74) is 14.0. The molecular weight excluding hydrogens is 487 g/mol. The van der Waals surface area contributed by atoms with Crippen molar-refractivity contribution in [3.8, 4) is 11.1 Å². The van der Waals surface area contributed by atoms with Crippen LogP contribution in [-0.2, 0) is 6.42 Å². The van der Waals surface area contributed by atoms with Crippen LogP contribution in [0.1, 0.15) is 35.7 Å². The van der Waals surface area contributed by atoms with Crippen molar-refractivity contribution in [2.24, 2.45) is 5.73 Å². The second kappa shape index (κ2) is 12.0. The highest BCUT2D eigenvalue weighted by atomic mass is 19.1. The van der Waals surface area contributed by atoms with Crippen molar-refractivity contribution in [3.63, 3.8) is 0 Å². The molecular formula is C32H35FN6. The second-order valence-corrected chi connectivity index (χ2v) is 10.0. The summed E-state index contributed by atoms with van der Waals surface area (Å²) in [5.74, 6) is -0.300. The summed E-state index contributed by atoms with van der Waals surface area (Å²) in [5, 5.41) is 9.91. The Morgan fingerprint density at radius 2 is 1.87 bits per heavy atom. The van der Waals surface area contributed by atoms with Crippen LogP contribution in [0.3, 0.4) is 0 Å². The largest absolute Gasteiger partial charge is 0.398 e. The van der Waals surface area contributed by atoms with Gasteiger partial charge in [0.1, 0.15) is 5.82 Å². The van der Waals surface area contributed by atoms with E-state index in [0.29, 0.717) is 17.0 Å². The fraction of sp³-hybridized carbons (Fsp3) is 0.219. The first-order valence-electron chi connectivity index (χ1n) is 12.9. The van der Waals surface area contributed by atoms with E-state index in [2.05, 4.69) is 46.6 Å². The number of aromatic amines is 1. The molecule has 0 saturated carbocycles. The van der Waals surface area contributed by atoms with Crippen LogP contribution in [0.4, 0.5) is 4.39 Å². The first-order valence-corrected chi connectivity index (χ1v) is 12.9. The Morgan fingerprint density at radius 1 is 1.10 bits per heavy atom. The number of fused-ring (bicyclic) bond motifs is 1. The quantitative estimate of drug-likeness (QED) is 0.165. The number of aromatic nitrogens is 3. The molecule has 200 valence electrons. The molecule has 0 fully saturated rings. The lowest BCUT2D eigenvalue weighted by Crippen LogP contribution is -2.13. The molecule has 4 rings (SSSR count). The number of hydrogen-bond acceptors (Lipinski definition) is 5. The van der Waals surface area contributed by atoms with Gasteiger partial charge < -0.3 is 15.6 Å². The van der Waals surface area contributed by atoms with Crippen molar-refractivity contribution < 1.29 is 4.39 Å². The number of halogens is 1. The molecule has 0 spiro atoms. The Bertz CT molecular complexity index is 1570. The van der Waals surface area contributed by atoms with Gasteiger partial charge in [0.05, 0.1) is 23.1 Å². The van der Waals surface area contributed by atoms with Gasteiger partial charge in [-0.15, -0.1) is 0 Å². The molecule has 6 nitrogen and oxygen atoms in total. The van der Waals surface area contributed by atoms with Crippen molar-refractivity contribution in [2.75, 3.05) is 20.6 Å². The van der Waals surface area contributed by atoms with E-state index >= 15 is 0 Å². The van der Waals surface area contributed by atoms with Crippen LogP contribution in [0.5, 0.6) is 0 Å². The molecule has 0 amide bonds. The van der Waals surface area contributed by atoms with E-state index in [1.165, 1.54) is 12.1 Å². The molecule has 0 aliphatic rings. The Morgan fingerprint density at radius 3 is 2.59 bits per heavy atom. The lowest BCUT2D eigenvalue weighted by atomic mass is 9.97. The van der Waals surface area contributed by atoms with Crippen molar-refractivity contribution in [1.82, 2.24) is 19.9 Å². The van der Waals surface area contributed by atoms with Crippen molar-refractivity contribution in [3.05, 3.63) is 113 Å². The van der Waals surface area contributed by atoms with Crippen LogP contribution < -0.4 is 5.73 Å². The number of nitrogens with one attached hydrogen (secondary N) is 2. The zero-order valence-electron chi connectivity index (χ0n) is 23.0. The summed E-state index contributed by atoms with van der Waals surface area (Å²) in [6.45, 7) is 8.96. The van der Waals surface area contributed by atoms with Gasteiger partial charge in [0.2, 0.25) is 0 Å². The van der Waals surface area contributed by atoms with Gasteiger partial charge in [-0.1, -0.05) is 18.7 Å². The van der Waals surface area contributed by atoms with Gasteiger partial charge in [-0.2, -0.15) is 0 Å². The van der Waals surface area contributed by atoms with Gasteiger partial charge in [0, 0.05) is 40.8 Å². The average Bonchev–Trinajstić information content (AvgIpc) is 3.35. The van der Waals surface area contributed by atoms with Crippen molar-refractivity contribution in [1.29, 1.82) is 5.41 Å². The molecule has 0 bridgehead atoms. The Hall–Kier alpha value is -4.36. The zero-order valence-corrected chi connectivity index (χ0v) is 23.0. The molecule has 39 heavy (non-hydrogen) atoms. The summed E-state index contributed by atoms with van der Waals surface area (Å²) in [6, 6.07) is 8.90. The van der Waals surface area contributed by atoms with Crippen LogP contribution >= 0.6 is 0 Å². The van der Waals surface area contributed by atoms with E-state index in [4.69, 9.17) is 11.1 Å². The van der Waals surface area contributed by atoms with Crippen LogP contribution in [0.25, 0.3) is 27.6 Å². The Balaban J connectivity index is 1.68. The predicted molar refractivity (Wildman–Crippen MR) is 159 cm³/mol. The number of H-pyrrole nitrogens is 1. The smallest absolute Gasteiger partial charge is 0.124 e. The van der Waals surface area contributed by atoms with Gasteiger partial charge in [-0.05, 0) is 105 Å². The normalized spacial score (nSPS) is 12.4. The third kappa shape index (κ3) is 6.56. The first-order chi connectivity index (χ1) is 18.7. The van der Waals surface area contributed by atoms with Gasteiger partial charge in [-0.25, -0.2) is 4.39 Å². The van der Waals surface area contributed by atoms with E-state index in [1.54, 1.807) is 24.7 Å². The molecule has 0 atom stereocenters. The summed E-state index contributed by atoms with van der Waals surface area (Å²) >= 11 is 0. The number of rotatable bonds is 10. The monoisotopic (exact) mass is 522 g/mol. The minimum absolute atomic E-state index is 0.222. The van der Waals surface area contributed by atoms with Gasteiger partial charge in [0.25, 0.3) is 0 Å². The van der Waals surface area contributed by atoms with E-state index in [9.17, 15) is 4.39 Å². The fourth-order valence-electron chi connectivity index (χ4n) is 4.56. The SMILES string of the molecule is C=C(/C=C(C(=N)c1cc2c(-c3cc(C)cc(F)c3)cncc2[nH]1)\C(N)=C/C)c1cncc(CCCN(C)C)c1. The highest BCUT2D eigenvalue weighted by Gasteiger charge is 2.17. The van der Waals surface area contributed by atoms with Crippen molar-refractivity contribution in [2.45, 2.75) is 26.7 Å². The minimum Gasteiger partial charge on any atom is -0.398 e. The molecule has 1 aromatic carbocycles. The highest BCUT2D eigenvalue weighted by Crippen LogP contribution is 2.31. The topological polar surface area (TPSA) is 94.7 Å². The summed E-state index contributed by atoms with van der Waals surface area (Å²) in [6.07, 6.45) is 12.7. The molecule has 4 N–H and O–H groups in total. The third-order valence-electron chi connectivity index (χ3n) is 6.61. The fourth-order valence-corrected chi connectivity index (χ4v) is 4.56. The maximum Gasteiger partial charge on any atom is 0.124 e. The number of benzene rings is 1. The number of pyridine rings is 2. The van der Waals surface area contributed by atoms with Gasteiger partial charge in [-0.3, -0.25) is 15.4 Å². The van der Waals surface area contributed by atoms with Crippen LogP contribution in [0, 0.1) is 18.2 Å². The maximum atomic E-state index is 14.2. The maximum absolute atomic E-state index is 14.2. The molecule has 3 heterocycles. The standard InChI is InChI=1S/C32H35FN6/c1-6-29(34)27(12-21(3)24-13-22(16-36-17-24)8-7-9-39(4)5)32(35)30-15-26-28(18-37-19-31(26)38-30)23-10-20(2)11-25(33)14-23/h6,10-19,35,38H,3,7-9,34H2,1-2,4-5H3/b27-12+,29-6+,35-32?. The number of aryl methyl sites for hydroxylation is 2. The average molecular weight is 523 g/mol. The molecule has 7 heteroatoms. The highest BCUT2D eigenvalue weighted by molar-refractivity contribution is 6.15. The number of hydrogen-bond donors (Lipinski definition) is 3. The molecule has 0 unspecified atom stereocenters. The molecule has 0 radical (unpaired) electrons. The minimum atomic E-state index is -0.300. The molecule has 3 aromatic heterocycles. The first kappa shape index (κ1) is 27.7. The van der Waals surface area contributed by atoms with Gasteiger partial charge >= 0.3 is 0 Å². The summed E-state index contributed by atoms with van der Waals surface area (Å²) in [4.78, 5) is 14.2. The molecule has 0 aliphatic heterocycles. The van der Waals surface area contributed by atoms with E-state index in [1.807, 2.05) is 38.3 Å². The van der Waals surface area contributed by atoms with Gasteiger partial charge in [0.15, 0.2) is 0 Å². The lowest BCUT2D eigenvalue weighted by molar-refractivity contribution is 0.400. The zero-order chi connectivity index (χ0) is 28.1. The predicted octanol–water partition coefficient (Wildman–Crippen LogP) is 6.44. The second-order valence-electron chi connectivity index (χ2n) is 10.0. The number of allylic oxidation sites excluding steroid dienone is 4. The summed E-state index contributed by atoms with van der Waals surface area (Å²) < 4.78 is 14.2. The van der Waals surface area contributed by atoms with Crippen LogP contribution in [-0.4, -0.2) is 46.2 Å². The Kier molecular flexibility index (Phi) is 8.52. The number of nitrogens with zero attached hydrogens (tertiary/aromatic N) is 3. The van der Waals surface area contributed by atoms with Crippen molar-refractivity contribution >= 4 is 22.2 Å². The van der Waals surface area contributed by atoms with Crippen LogP contribution in [0.2, 0.25) is 0 Å². The van der Waals surface area contributed by atoms with E-state index in [-0.39, 0.29) is 11.5 Å².